The molecule has 1 aliphatic heterocycles. The molecular formula is C18H27NO. The van der Waals surface area contributed by atoms with Crippen molar-refractivity contribution < 1.29 is 4.74 Å². The van der Waals surface area contributed by atoms with Crippen LogP contribution < -0.4 is 5.32 Å². The Morgan fingerprint density at radius 1 is 1.20 bits per heavy atom. The monoisotopic (exact) mass is 273 g/mol. The van der Waals surface area contributed by atoms with Crippen LogP contribution in [0, 0.1) is 12.3 Å². The van der Waals surface area contributed by atoms with Crippen LogP contribution in [0.3, 0.4) is 0 Å². The Balaban J connectivity index is 1.81. The molecule has 1 saturated carbocycles. The molecule has 0 radical (unpaired) electrons. The SMILES string of the molecule is CCNCC1(c2cccc(C)c2)CC2(CCOCC2)C1. The summed E-state index contributed by atoms with van der Waals surface area (Å²) in [6.45, 7) is 8.51. The third-order valence-corrected chi connectivity index (χ3v) is 5.32. The maximum absolute atomic E-state index is 5.56. The molecule has 0 amide bonds. The van der Waals surface area contributed by atoms with Crippen LogP contribution in [-0.2, 0) is 10.2 Å². The fraction of sp³-hybridized carbons (Fsp3) is 0.667. The van der Waals surface area contributed by atoms with Crippen molar-refractivity contribution in [2.75, 3.05) is 26.3 Å². The highest BCUT2D eigenvalue weighted by Gasteiger charge is 2.54. The van der Waals surface area contributed by atoms with Gasteiger partial charge in [0.25, 0.3) is 0 Å². The van der Waals surface area contributed by atoms with Crippen molar-refractivity contribution in [2.45, 2.75) is 44.9 Å². The summed E-state index contributed by atoms with van der Waals surface area (Å²) >= 11 is 0. The van der Waals surface area contributed by atoms with E-state index in [-0.39, 0.29) is 0 Å². The van der Waals surface area contributed by atoms with Crippen molar-refractivity contribution in [3.8, 4) is 0 Å². The standard InChI is InChI=1S/C18H27NO/c1-3-19-14-18(16-6-4-5-15(2)11-16)12-17(13-18)7-9-20-10-8-17/h4-6,11,19H,3,7-10,12-14H2,1-2H3. The number of benzene rings is 1. The molecule has 1 aliphatic carbocycles. The quantitative estimate of drug-likeness (QED) is 0.907. The Bertz CT molecular complexity index is 454. The van der Waals surface area contributed by atoms with Crippen LogP contribution in [0.1, 0.15) is 43.7 Å². The van der Waals surface area contributed by atoms with E-state index in [1.807, 2.05) is 0 Å². The van der Waals surface area contributed by atoms with Gasteiger partial charge >= 0.3 is 0 Å². The van der Waals surface area contributed by atoms with Gasteiger partial charge in [-0.15, -0.1) is 0 Å². The van der Waals surface area contributed by atoms with Crippen LogP contribution in [-0.4, -0.2) is 26.3 Å². The highest BCUT2D eigenvalue weighted by Crippen LogP contribution is 2.60. The van der Waals surface area contributed by atoms with E-state index in [1.165, 1.54) is 36.8 Å². The van der Waals surface area contributed by atoms with Crippen LogP contribution in [0.2, 0.25) is 0 Å². The van der Waals surface area contributed by atoms with Gasteiger partial charge < -0.3 is 10.1 Å². The zero-order chi connectivity index (χ0) is 14.1. The number of hydrogen-bond donors (Lipinski definition) is 1. The van der Waals surface area contributed by atoms with E-state index in [0.717, 1.165) is 26.3 Å². The topological polar surface area (TPSA) is 21.3 Å². The summed E-state index contributed by atoms with van der Waals surface area (Å²) in [4.78, 5) is 0. The van der Waals surface area contributed by atoms with Gasteiger partial charge in [0.2, 0.25) is 0 Å². The second-order valence-corrected chi connectivity index (χ2v) is 6.90. The molecule has 1 aromatic carbocycles. The fourth-order valence-corrected chi connectivity index (χ4v) is 4.31. The molecule has 1 aromatic rings. The third-order valence-electron chi connectivity index (χ3n) is 5.32. The zero-order valence-electron chi connectivity index (χ0n) is 12.9. The van der Waals surface area contributed by atoms with Crippen molar-refractivity contribution in [3.63, 3.8) is 0 Å². The molecule has 0 unspecified atom stereocenters. The molecule has 0 bridgehead atoms. The van der Waals surface area contributed by atoms with Gasteiger partial charge in [-0.3, -0.25) is 0 Å². The van der Waals surface area contributed by atoms with E-state index in [9.17, 15) is 0 Å². The van der Waals surface area contributed by atoms with E-state index in [1.54, 1.807) is 0 Å². The minimum atomic E-state index is 0.360. The second kappa shape index (κ2) is 5.50. The molecule has 0 aromatic heterocycles. The van der Waals surface area contributed by atoms with Crippen LogP contribution in [0.5, 0.6) is 0 Å². The predicted molar refractivity (Wildman–Crippen MR) is 83.1 cm³/mol. The Kier molecular flexibility index (Phi) is 3.87. The van der Waals surface area contributed by atoms with Gasteiger partial charge in [-0.1, -0.05) is 36.8 Å². The highest BCUT2D eigenvalue weighted by atomic mass is 16.5. The zero-order valence-corrected chi connectivity index (χ0v) is 12.9. The Hall–Kier alpha value is -0.860. The molecule has 1 N–H and O–H groups in total. The first kappa shape index (κ1) is 14.1. The number of ether oxygens (including phenoxy) is 1. The molecule has 2 nitrogen and oxygen atoms in total. The van der Waals surface area contributed by atoms with E-state index < -0.39 is 0 Å². The number of rotatable bonds is 4. The lowest BCUT2D eigenvalue weighted by Crippen LogP contribution is -2.56. The number of likely N-dealkylation sites (N-methyl/N-ethyl adjacent to an activating group) is 1. The molecule has 1 saturated heterocycles. The van der Waals surface area contributed by atoms with Gasteiger partial charge in [-0.05, 0) is 50.1 Å². The van der Waals surface area contributed by atoms with Crippen molar-refractivity contribution in [1.82, 2.24) is 5.32 Å². The van der Waals surface area contributed by atoms with Crippen molar-refractivity contribution in [3.05, 3.63) is 35.4 Å². The molecule has 2 fully saturated rings. The number of nitrogens with one attached hydrogen (secondary N) is 1. The molecule has 3 rings (SSSR count). The van der Waals surface area contributed by atoms with Gasteiger partial charge in [0.15, 0.2) is 0 Å². The third kappa shape index (κ3) is 2.51. The number of hydrogen-bond acceptors (Lipinski definition) is 2. The fourth-order valence-electron chi connectivity index (χ4n) is 4.31. The van der Waals surface area contributed by atoms with Crippen molar-refractivity contribution >= 4 is 0 Å². The summed E-state index contributed by atoms with van der Waals surface area (Å²) < 4.78 is 5.56. The molecule has 2 aliphatic rings. The van der Waals surface area contributed by atoms with E-state index in [2.05, 4.69) is 43.4 Å². The Morgan fingerprint density at radius 3 is 2.60 bits per heavy atom. The van der Waals surface area contributed by atoms with Crippen LogP contribution in [0.15, 0.2) is 24.3 Å². The first-order valence-electron chi connectivity index (χ1n) is 8.04. The van der Waals surface area contributed by atoms with Gasteiger partial charge in [0.1, 0.15) is 0 Å². The molecule has 2 heteroatoms. The summed E-state index contributed by atoms with van der Waals surface area (Å²) in [6.07, 6.45) is 5.18. The van der Waals surface area contributed by atoms with Crippen molar-refractivity contribution in [1.29, 1.82) is 0 Å². The minimum absolute atomic E-state index is 0.360. The Morgan fingerprint density at radius 2 is 1.95 bits per heavy atom. The van der Waals surface area contributed by atoms with Crippen LogP contribution in [0.4, 0.5) is 0 Å². The first-order chi connectivity index (χ1) is 9.68. The van der Waals surface area contributed by atoms with Gasteiger partial charge in [0.05, 0.1) is 0 Å². The largest absolute Gasteiger partial charge is 0.381 e. The summed E-state index contributed by atoms with van der Waals surface area (Å²) in [5.74, 6) is 0. The molecule has 1 spiro atoms. The van der Waals surface area contributed by atoms with E-state index in [4.69, 9.17) is 4.74 Å². The minimum Gasteiger partial charge on any atom is -0.381 e. The highest BCUT2D eigenvalue weighted by molar-refractivity contribution is 5.34. The first-order valence-corrected chi connectivity index (χ1v) is 8.04. The van der Waals surface area contributed by atoms with Crippen molar-refractivity contribution in [2.24, 2.45) is 5.41 Å². The van der Waals surface area contributed by atoms with E-state index >= 15 is 0 Å². The summed E-state index contributed by atoms with van der Waals surface area (Å²) in [5, 5.41) is 3.60. The molecular weight excluding hydrogens is 246 g/mol. The van der Waals surface area contributed by atoms with Gasteiger partial charge in [-0.25, -0.2) is 0 Å². The van der Waals surface area contributed by atoms with E-state index in [0.29, 0.717) is 10.8 Å². The summed E-state index contributed by atoms with van der Waals surface area (Å²) in [6, 6.07) is 9.14. The summed E-state index contributed by atoms with van der Waals surface area (Å²) in [5.41, 5.74) is 3.85. The molecule has 1 heterocycles. The maximum atomic E-state index is 5.56. The molecule has 20 heavy (non-hydrogen) atoms. The van der Waals surface area contributed by atoms with Crippen LogP contribution in [0.25, 0.3) is 0 Å². The van der Waals surface area contributed by atoms with Crippen LogP contribution >= 0.6 is 0 Å². The molecule has 0 atom stereocenters. The average Bonchev–Trinajstić information content (AvgIpc) is 2.43. The Labute approximate surface area is 122 Å². The lowest BCUT2D eigenvalue weighted by molar-refractivity contribution is -0.0736. The van der Waals surface area contributed by atoms with Gasteiger partial charge in [-0.2, -0.15) is 0 Å². The maximum Gasteiger partial charge on any atom is 0.0471 e. The lowest BCUT2D eigenvalue weighted by Gasteiger charge is -2.58. The smallest absolute Gasteiger partial charge is 0.0471 e. The average molecular weight is 273 g/mol. The predicted octanol–water partition coefficient (Wildman–Crippen LogP) is 3.43. The second-order valence-electron chi connectivity index (χ2n) is 6.90. The normalized spacial score (nSPS) is 23.5. The summed E-state index contributed by atoms with van der Waals surface area (Å²) in [7, 11) is 0. The molecule has 110 valence electrons. The number of aryl methyl sites for hydroxylation is 1. The lowest BCUT2D eigenvalue weighted by atomic mass is 9.48. The van der Waals surface area contributed by atoms with Gasteiger partial charge in [0, 0.05) is 25.2 Å².